The number of nitrogens with two attached hydrogens (primary N) is 1. The predicted molar refractivity (Wildman–Crippen MR) is 68.3 cm³/mol. The first-order valence-corrected chi connectivity index (χ1v) is 5.41. The molecule has 0 radical (unpaired) electrons. The van der Waals surface area contributed by atoms with Crippen molar-refractivity contribution < 1.29 is 9.90 Å². The highest BCUT2D eigenvalue weighted by molar-refractivity contribution is 5.90. The molecule has 0 aliphatic heterocycles. The predicted octanol–water partition coefficient (Wildman–Crippen LogP) is 1.31. The molecule has 6 heteroatoms. The third-order valence-electron chi connectivity index (χ3n) is 2.68. The van der Waals surface area contributed by atoms with Crippen molar-refractivity contribution in [1.29, 1.82) is 0 Å². The molecule has 18 heavy (non-hydrogen) atoms. The standard InChI is InChI=1S/C12H14N4O2/c1-16-9(4-5-15-16)7-14-11-3-2-8(12(17)18)6-10(11)13/h2-6,14H,7,13H2,1H3,(H,17,18). The van der Waals surface area contributed by atoms with Crippen LogP contribution in [0, 0.1) is 0 Å². The highest BCUT2D eigenvalue weighted by atomic mass is 16.4. The highest BCUT2D eigenvalue weighted by Gasteiger charge is 2.06. The molecule has 1 heterocycles. The van der Waals surface area contributed by atoms with Crippen LogP contribution in [0.3, 0.4) is 0 Å². The topological polar surface area (TPSA) is 93.2 Å². The summed E-state index contributed by atoms with van der Waals surface area (Å²) in [5.74, 6) is -0.986. The van der Waals surface area contributed by atoms with Crippen molar-refractivity contribution in [3.8, 4) is 0 Å². The molecule has 0 amide bonds. The van der Waals surface area contributed by atoms with E-state index in [1.165, 1.54) is 12.1 Å². The number of benzene rings is 1. The smallest absolute Gasteiger partial charge is 0.335 e. The first-order chi connectivity index (χ1) is 8.58. The molecular weight excluding hydrogens is 232 g/mol. The molecule has 0 saturated heterocycles. The van der Waals surface area contributed by atoms with Crippen LogP contribution < -0.4 is 11.1 Å². The van der Waals surface area contributed by atoms with Gasteiger partial charge in [-0.3, -0.25) is 4.68 Å². The van der Waals surface area contributed by atoms with Crippen molar-refractivity contribution in [1.82, 2.24) is 9.78 Å². The van der Waals surface area contributed by atoms with Gasteiger partial charge in [-0.05, 0) is 24.3 Å². The van der Waals surface area contributed by atoms with Crippen molar-refractivity contribution >= 4 is 17.3 Å². The van der Waals surface area contributed by atoms with Crippen LogP contribution in [0.2, 0.25) is 0 Å². The second-order valence-electron chi connectivity index (χ2n) is 3.91. The number of hydrogen-bond acceptors (Lipinski definition) is 4. The summed E-state index contributed by atoms with van der Waals surface area (Å²) >= 11 is 0. The van der Waals surface area contributed by atoms with E-state index in [1.807, 2.05) is 13.1 Å². The number of carboxylic acid groups (broad SMARTS) is 1. The number of hydrogen-bond donors (Lipinski definition) is 3. The second-order valence-corrected chi connectivity index (χ2v) is 3.91. The van der Waals surface area contributed by atoms with E-state index < -0.39 is 5.97 Å². The molecule has 0 aliphatic rings. The Morgan fingerprint density at radius 2 is 2.28 bits per heavy atom. The van der Waals surface area contributed by atoms with Gasteiger partial charge in [0.15, 0.2) is 0 Å². The molecule has 0 atom stereocenters. The number of aromatic nitrogens is 2. The van der Waals surface area contributed by atoms with Crippen molar-refractivity contribution in [3.05, 3.63) is 41.7 Å². The molecule has 6 nitrogen and oxygen atoms in total. The zero-order valence-corrected chi connectivity index (χ0v) is 9.92. The zero-order valence-electron chi connectivity index (χ0n) is 9.92. The van der Waals surface area contributed by atoms with Crippen molar-refractivity contribution in [2.24, 2.45) is 7.05 Å². The van der Waals surface area contributed by atoms with Crippen LogP contribution >= 0.6 is 0 Å². The molecule has 2 rings (SSSR count). The molecule has 1 aromatic carbocycles. The quantitative estimate of drug-likeness (QED) is 0.707. The summed E-state index contributed by atoms with van der Waals surface area (Å²) in [6, 6.07) is 6.52. The van der Waals surface area contributed by atoms with Gasteiger partial charge in [-0.15, -0.1) is 0 Å². The monoisotopic (exact) mass is 246 g/mol. The maximum absolute atomic E-state index is 10.8. The van der Waals surface area contributed by atoms with E-state index >= 15 is 0 Å². The molecule has 1 aromatic heterocycles. The third kappa shape index (κ3) is 2.42. The average Bonchev–Trinajstić information content (AvgIpc) is 2.73. The Balaban J connectivity index is 2.11. The number of aryl methyl sites for hydroxylation is 1. The SMILES string of the molecule is Cn1nccc1CNc1ccc(C(=O)O)cc1N. The van der Waals surface area contributed by atoms with Crippen molar-refractivity contribution in [3.63, 3.8) is 0 Å². The molecular formula is C12H14N4O2. The van der Waals surface area contributed by atoms with Crippen molar-refractivity contribution in [2.75, 3.05) is 11.1 Å². The largest absolute Gasteiger partial charge is 0.478 e. The fourth-order valence-electron chi connectivity index (χ4n) is 1.62. The Hall–Kier alpha value is -2.50. The normalized spacial score (nSPS) is 10.3. The maximum atomic E-state index is 10.8. The number of nitrogens with zero attached hydrogens (tertiary/aromatic N) is 2. The summed E-state index contributed by atoms with van der Waals surface area (Å²) < 4.78 is 1.76. The van der Waals surface area contributed by atoms with Crippen LogP contribution in [0.15, 0.2) is 30.5 Å². The van der Waals surface area contributed by atoms with Crippen LogP contribution in [-0.2, 0) is 13.6 Å². The minimum atomic E-state index is -0.986. The molecule has 4 N–H and O–H groups in total. The van der Waals surface area contributed by atoms with E-state index in [-0.39, 0.29) is 5.56 Å². The fourth-order valence-corrected chi connectivity index (χ4v) is 1.62. The van der Waals surface area contributed by atoms with E-state index in [0.717, 1.165) is 5.69 Å². The molecule has 0 unspecified atom stereocenters. The van der Waals surface area contributed by atoms with E-state index in [4.69, 9.17) is 10.8 Å². The minimum Gasteiger partial charge on any atom is -0.478 e. The highest BCUT2D eigenvalue weighted by Crippen LogP contribution is 2.20. The Labute approximate surface area is 104 Å². The molecule has 0 saturated carbocycles. The van der Waals surface area contributed by atoms with Gasteiger partial charge in [0.05, 0.1) is 29.2 Å². The molecule has 0 aliphatic carbocycles. The second kappa shape index (κ2) is 4.79. The van der Waals surface area contributed by atoms with Crippen molar-refractivity contribution in [2.45, 2.75) is 6.54 Å². The van der Waals surface area contributed by atoms with Crippen LogP contribution in [0.25, 0.3) is 0 Å². The summed E-state index contributed by atoms with van der Waals surface area (Å²) in [5, 5.41) is 16.0. The van der Waals surface area contributed by atoms with E-state index in [9.17, 15) is 4.79 Å². The molecule has 94 valence electrons. The molecule has 0 fully saturated rings. The van der Waals surface area contributed by atoms with Gasteiger partial charge in [0, 0.05) is 13.2 Å². The van der Waals surface area contributed by atoms with Gasteiger partial charge in [0.1, 0.15) is 0 Å². The number of carboxylic acids is 1. The Morgan fingerprint density at radius 1 is 1.50 bits per heavy atom. The molecule has 0 spiro atoms. The minimum absolute atomic E-state index is 0.179. The summed E-state index contributed by atoms with van der Waals surface area (Å²) in [6.45, 7) is 0.577. The van der Waals surface area contributed by atoms with Gasteiger partial charge >= 0.3 is 5.97 Å². The van der Waals surface area contributed by atoms with E-state index in [0.29, 0.717) is 17.9 Å². The van der Waals surface area contributed by atoms with Crippen LogP contribution in [0.1, 0.15) is 16.1 Å². The lowest BCUT2D eigenvalue weighted by molar-refractivity contribution is 0.0697. The lowest BCUT2D eigenvalue weighted by atomic mass is 10.1. The third-order valence-corrected chi connectivity index (χ3v) is 2.68. The number of nitrogens with one attached hydrogen (secondary N) is 1. The van der Waals surface area contributed by atoms with Crippen LogP contribution in [0.4, 0.5) is 11.4 Å². The summed E-state index contributed by atoms with van der Waals surface area (Å²) in [5.41, 5.74) is 8.10. The summed E-state index contributed by atoms with van der Waals surface area (Å²) in [7, 11) is 1.86. The zero-order chi connectivity index (χ0) is 13.1. The van der Waals surface area contributed by atoms with Crippen LogP contribution in [0.5, 0.6) is 0 Å². The maximum Gasteiger partial charge on any atom is 0.335 e. The summed E-state index contributed by atoms with van der Waals surface area (Å²) in [4.78, 5) is 10.8. The number of aromatic carboxylic acids is 1. The van der Waals surface area contributed by atoms with Crippen LogP contribution in [-0.4, -0.2) is 20.9 Å². The first kappa shape index (κ1) is 12.0. The number of carbonyl (C=O) groups is 1. The lowest BCUT2D eigenvalue weighted by Crippen LogP contribution is -2.07. The Kier molecular flexibility index (Phi) is 3.18. The van der Waals surface area contributed by atoms with Gasteiger partial charge in [-0.2, -0.15) is 5.10 Å². The molecule has 2 aromatic rings. The fraction of sp³-hybridized carbons (Fsp3) is 0.167. The van der Waals surface area contributed by atoms with Gasteiger partial charge in [-0.1, -0.05) is 0 Å². The van der Waals surface area contributed by atoms with Gasteiger partial charge in [0.2, 0.25) is 0 Å². The average molecular weight is 246 g/mol. The lowest BCUT2D eigenvalue weighted by Gasteiger charge is -2.10. The number of nitrogen functional groups attached to an aromatic ring is 1. The first-order valence-electron chi connectivity index (χ1n) is 5.41. The Morgan fingerprint density at radius 3 is 2.83 bits per heavy atom. The number of anilines is 2. The van der Waals surface area contributed by atoms with E-state index in [2.05, 4.69) is 10.4 Å². The Bertz CT molecular complexity index is 577. The van der Waals surface area contributed by atoms with Gasteiger partial charge < -0.3 is 16.2 Å². The van der Waals surface area contributed by atoms with E-state index in [1.54, 1.807) is 16.9 Å². The summed E-state index contributed by atoms with van der Waals surface area (Å²) in [6.07, 6.45) is 1.72. The van der Waals surface area contributed by atoms with Gasteiger partial charge in [0.25, 0.3) is 0 Å². The van der Waals surface area contributed by atoms with Gasteiger partial charge in [-0.25, -0.2) is 4.79 Å². The molecule has 0 bridgehead atoms. The number of rotatable bonds is 4.